The quantitative estimate of drug-likeness (QED) is 0.841. The molecule has 0 radical (unpaired) electrons. The molecule has 1 aliphatic rings. The van der Waals surface area contributed by atoms with Crippen LogP contribution in [-0.2, 0) is 4.79 Å². The van der Waals surface area contributed by atoms with Gasteiger partial charge in [0, 0.05) is 36.9 Å². The summed E-state index contributed by atoms with van der Waals surface area (Å²) in [5.41, 5.74) is 2.61. The summed E-state index contributed by atoms with van der Waals surface area (Å²) in [7, 11) is 0. The predicted molar refractivity (Wildman–Crippen MR) is 97.2 cm³/mol. The number of rotatable bonds is 4. The highest BCUT2D eigenvalue weighted by atomic mass is 35.5. The fourth-order valence-electron chi connectivity index (χ4n) is 2.48. The zero-order chi connectivity index (χ0) is 17.6. The van der Waals surface area contributed by atoms with Gasteiger partial charge in [-0.3, -0.25) is 10.1 Å². The highest BCUT2D eigenvalue weighted by Crippen LogP contribution is 2.19. The maximum Gasteiger partial charge on any atom is 0.317 e. The first-order valence-corrected chi connectivity index (χ1v) is 8.97. The molecule has 3 amide bonds. The lowest BCUT2D eigenvalue weighted by molar-refractivity contribution is -0.115. The van der Waals surface area contributed by atoms with E-state index in [0.717, 1.165) is 18.8 Å². The Balaban J connectivity index is 1.42. The van der Waals surface area contributed by atoms with Gasteiger partial charge in [0.15, 0.2) is 0 Å². The predicted octanol–water partition coefficient (Wildman–Crippen LogP) is 1.66. The van der Waals surface area contributed by atoms with Gasteiger partial charge >= 0.3 is 6.03 Å². The van der Waals surface area contributed by atoms with E-state index in [9.17, 15) is 9.59 Å². The van der Waals surface area contributed by atoms with Gasteiger partial charge in [0.2, 0.25) is 11.0 Å². The van der Waals surface area contributed by atoms with Gasteiger partial charge in [-0.15, -0.1) is 10.2 Å². The van der Waals surface area contributed by atoms with Crippen LogP contribution in [0, 0.1) is 0 Å². The van der Waals surface area contributed by atoms with E-state index in [2.05, 4.69) is 25.7 Å². The summed E-state index contributed by atoms with van der Waals surface area (Å²) in [6, 6.07) is 7.40. The number of anilines is 2. The Labute approximate surface area is 153 Å². The third-order valence-electron chi connectivity index (χ3n) is 3.77. The molecule has 0 saturated carbocycles. The molecule has 0 spiro atoms. The van der Waals surface area contributed by atoms with Crippen LogP contribution < -0.4 is 15.5 Å². The Hall–Kier alpha value is -2.39. The number of urea groups is 1. The van der Waals surface area contributed by atoms with Crippen LogP contribution in [0.1, 0.15) is 0 Å². The normalized spacial score (nSPS) is 14.3. The van der Waals surface area contributed by atoms with Crippen molar-refractivity contribution < 1.29 is 9.59 Å². The Morgan fingerprint density at radius 3 is 2.52 bits per heavy atom. The average Bonchev–Trinajstić information content (AvgIpc) is 3.13. The van der Waals surface area contributed by atoms with Crippen LogP contribution >= 0.6 is 22.9 Å². The number of carbonyl (C=O) groups excluding carboxylic acids is 2. The molecule has 0 atom stereocenters. The molecule has 1 fully saturated rings. The van der Waals surface area contributed by atoms with E-state index in [0.29, 0.717) is 23.2 Å². The lowest BCUT2D eigenvalue weighted by Crippen LogP contribution is -2.52. The van der Waals surface area contributed by atoms with Gasteiger partial charge in [0.1, 0.15) is 5.51 Å². The minimum absolute atomic E-state index is 0.101. The van der Waals surface area contributed by atoms with Crippen LogP contribution in [0.4, 0.5) is 15.6 Å². The number of nitrogens with zero attached hydrogens (tertiary/aromatic N) is 4. The molecule has 2 heterocycles. The molecule has 3 rings (SSSR count). The first kappa shape index (κ1) is 17.4. The fourth-order valence-corrected chi connectivity index (χ4v) is 3.07. The summed E-state index contributed by atoms with van der Waals surface area (Å²) in [6.07, 6.45) is 0. The smallest absolute Gasteiger partial charge is 0.317 e. The van der Waals surface area contributed by atoms with Crippen LogP contribution in [0.25, 0.3) is 0 Å². The highest BCUT2D eigenvalue weighted by Gasteiger charge is 2.21. The van der Waals surface area contributed by atoms with Crippen molar-refractivity contribution in [2.75, 3.05) is 42.9 Å². The Kier molecular flexibility index (Phi) is 5.67. The summed E-state index contributed by atoms with van der Waals surface area (Å²) in [4.78, 5) is 27.8. The maximum absolute atomic E-state index is 12.2. The number of hydrogen-bond acceptors (Lipinski definition) is 6. The average molecular weight is 381 g/mol. The van der Waals surface area contributed by atoms with E-state index in [-0.39, 0.29) is 18.5 Å². The second-order valence-corrected chi connectivity index (χ2v) is 6.67. The number of halogens is 1. The fraction of sp³-hybridized carbons (Fsp3) is 0.333. The molecule has 0 aliphatic carbocycles. The van der Waals surface area contributed by atoms with E-state index >= 15 is 0 Å². The summed E-state index contributed by atoms with van der Waals surface area (Å²) >= 11 is 7.12. The van der Waals surface area contributed by atoms with Crippen LogP contribution in [-0.4, -0.2) is 59.8 Å². The van der Waals surface area contributed by atoms with Crippen molar-refractivity contribution in [2.24, 2.45) is 0 Å². The Morgan fingerprint density at radius 1 is 1.16 bits per heavy atom. The van der Waals surface area contributed by atoms with Crippen molar-refractivity contribution in [2.45, 2.75) is 0 Å². The second-order valence-electron chi connectivity index (χ2n) is 5.40. The molecule has 1 aromatic carbocycles. The second kappa shape index (κ2) is 8.13. The van der Waals surface area contributed by atoms with Gasteiger partial charge in [0.05, 0.1) is 6.54 Å². The zero-order valence-electron chi connectivity index (χ0n) is 13.3. The summed E-state index contributed by atoms with van der Waals surface area (Å²) in [6.45, 7) is 2.53. The van der Waals surface area contributed by atoms with Crippen molar-refractivity contribution in [3.8, 4) is 0 Å². The molecule has 2 aromatic rings. The molecule has 1 aliphatic heterocycles. The highest BCUT2D eigenvalue weighted by molar-refractivity contribution is 7.13. The maximum atomic E-state index is 12.2. The van der Waals surface area contributed by atoms with Crippen LogP contribution in [0.2, 0.25) is 5.02 Å². The van der Waals surface area contributed by atoms with Gasteiger partial charge in [-0.1, -0.05) is 22.9 Å². The standard InChI is InChI=1S/C15H17ClN6O2S/c16-11-1-3-12(4-2-11)21-5-7-22(8-6-21)15(24)17-9-13(23)19-14-20-18-10-25-14/h1-4,10H,5-9H2,(H,17,24)(H,19,20,23). The molecule has 0 unspecified atom stereocenters. The molecule has 10 heteroatoms. The monoisotopic (exact) mass is 380 g/mol. The van der Waals surface area contributed by atoms with Crippen molar-refractivity contribution >= 4 is 45.7 Å². The summed E-state index contributed by atoms with van der Waals surface area (Å²) in [5, 5.41) is 13.6. The number of amides is 3. The summed E-state index contributed by atoms with van der Waals surface area (Å²) in [5.74, 6) is -0.329. The topological polar surface area (TPSA) is 90.5 Å². The van der Waals surface area contributed by atoms with E-state index in [1.165, 1.54) is 16.8 Å². The Bertz CT molecular complexity index is 716. The first-order valence-electron chi connectivity index (χ1n) is 7.71. The number of nitrogens with one attached hydrogen (secondary N) is 2. The number of hydrogen-bond donors (Lipinski definition) is 2. The van der Waals surface area contributed by atoms with E-state index in [1.54, 1.807) is 4.90 Å². The van der Waals surface area contributed by atoms with Crippen molar-refractivity contribution in [3.63, 3.8) is 0 Å². The third kappa shape index (κ3) is 4.80. The number of aromatic nitrogens is 2. The minimum atomic E-state index is -0.329. The van der Waals surface area contributed by atoms with Crippen LogP contribution in [0.15, 0.2) is 29.8 Å². The molecular weight excluding hydrogens is 364 g/mol. The number of piperazine rings is 1. The van der Waals surface area contributed by atoms with Crippen molar-refractivity contribution in [1.29, 1.82) is 0 Å². The molecule has 132 valence electrons. The molecule has 25 heavy (non-hydrogen) atoms. The zero-order valence-corrected chi connectivity index (χ0v) is 14.9. The molecular formula is C15H17ClN6O2S. The minimum Gasteiger partial charge on any atom is -0.368 e. The number of benzene rings is 1. The lowest BCUT2D eigenvalue weighted by atomic mass is 10.2. The van der Waals surface area contributed by atoms with E-state index < -0.39 is 0 Å². The van der Waals surface area contributed by atoms with Gasteiger partial charge in [-0.05, 0) is 24.3 Å². The van der Waals surface area contributed by atoms with Gasteiger partial charge < -0.3 is 15.1 Å². The van der Waals surface area contributed by atoms with Crippen LogP contribution in [0.3, 0.4) is 0 Å². The van der Waals surface area contributed by atoms with Crippen LogP contribution in [0.5, 0.6) is 0 Å². The molecule has 8 nitrogen and oxygen atoms in total. The molecule has 1 saturated heterocycles. The van der Waals surface area contributed by atoms with Crippen molar-refractivity contribution in [3.05, 3.63) is 34.8 Å². The Morgan fingerprint density at radius 2 is 1.88 bits per heavy atom. The number of carbonyl (C=O) groups is 2. The first-order chi connectivity index (χ1) is 12.1. The van der Waals surface area contributed by atoms with Gasteiger partial charge in [0.25, 0.3) is 0 Å². The van der Waals surface area contributed by atoms with Crippen molar-refractivity contribution in [1.82, 2.24) is 20.4 Å². The SMILES string of the molecule is O=C(CNC(=O)N1CCN(c2ccc(Cl)cc2)CC1)Nc1nncs1. The molecule has 0 bridgehead atoms. The largest absolute Gasteiger partial charge is 0.368 e. The van der Waals surface area contributed by atoms with Gasteiger partial charge in [-0.25, -0.2) is 4.79 Å². The van der Waals surface area contributed by atoms with E-state index in [1.807, 2.05) is 24.3 Å². The molecule has 2 N–H and O–H groups in total. The molecule has 1 aromatic heterocycles. The third-order valence-corrected chi connectivity index (χ3v) is 4.62. The van der Waals surface area contributed by atoms with Gasteiger partial charge in [-0.2, -0.15) is 0 Å². The van der Waals surface area contributed by atoms with E-state index in [4.69, 9.17) is 11.6 Å². The summed E-state index contributed by atoms with van der Waals surface area (Å²) < 4.78 is 0. The lowest BCUT2D eigenvalue weighted by Gasteiger charge is -2.36.